The summed E-state index contributed by atoms with van der Waals surface area (Å²) >= 11 is 0. The molecule has 8 nitrogen and oxygen atoms in total. The van der Waals surface area contributed by atoms with Crippen LogP contribution in [0.5, 0.6) is 23.0 Å². The van der Waals surface area contributed by atoms with Gasteiger partial charge in [0.2, 0.25) is 12.7 Å². The fraction of sp³-hybridized carbons (Fsp3) is 0.222. The van der Waals surface area contributed by atoms with Crippen molar-refractivity contribution < 1.29 is 28.5 Å². The highest BCUT2D eigenvalue weighted by Crippen LogP contribution is 2.33. The third kappa shape index (κ3) is 3.34. The van der Waals surface area contributed by atoms with Crippen molar-refractivity contribution in [1.82, 2.24) is 5.32 Å². The molecule has 0 unspecified atom stereocenters. The molecule has 2 aromatic rings. The quantitative estimate of drug-likeness (QED) is 0.863. The highest BCUT2D eigenvalue weighted by Gasteiger charge is 2.17. The van der Waals surface area contributed by atoms with Crippen molar-refractivity contribution in [2.24, 2.45) is 0 Å². The van der Waals surface area contributed by atoms with Gasteiger partial charge in [-0.3, -0.25) is 9.59 Å². The van der Waals surface area contributed by atoms with Crippen LogP contribution in [-0.2, 0) is 4.79 Å². The van der Waals surface area contributed by atoms with E-state index in [-0.39, 0.29) is 25.2 Å². The number of fused-ring (bicyclic) bond motifs is 2. The van der Waals surface area contributed by atoms with E-state index in [2.05, 4.69) is 10.6 Å². The third-order valence-electron chi connectivity index (χ3n) is 3.87. The van der Waals surface area contributed by atoms with Crippen LogP contribution in [0.2, 0.25) is 0 Å². The average molecular weight is 356 g/mol. The molecule has 134 valence electrons. The first-order chi connectivity index (χ1) is 12.7. The van der Waals surface area contributed by atoms with Gasteiger partial charge in [-0.1, -0.05) is 0 Å². The predicted molar refractivity (Wildman–Crippen MR) is 91.0 cm³/mol. The van der Waals surface area contributed by atoms with Gasteiger partial charge < -0.3 is 29.6 Å². The fourth-order valence-corrected chi connectivity index (χ4v) is 2.63. The minimum atomic E-state index is -0.374. The van der Waals surface area contributed by atoms with E-state index in [1.807, 2.05) is 0 Å². The average Bonchev–Trinajstić information content (AvgIpc) is 3.14. The van der Waals surface area contributed by atoms with Crippen LogP contribution in [0.3, 0.4) is 0 Å². The van der Waals surface area contributed by atoms with E-state index in [9.17, 15) is 9.59 Å². The van der Waals surface area contributed by atoms with Crippen LogP contribution in [0, 0.1) is 0 Å². The summed E-state index contributed by atoms with van der Waals surface area (Å²) in [5.41, 5.74) is 0.956. The Labute approximate surface area is 149 Å². The second-order valence-corrected chi connectivity index (χ2v) is 5.66. The summed E-state index contributed by atoms with van der Waals surface area (Å²) in [4.78, 5) is 24.2. The normalized spacial score (nSPS) is 13.8. The molecule has 0 radical (unpaired) electrons. The minimum absolute atomic E-state index is 0.137. The van der Waals surface area contributed by atoms with Crippen LogP contribution in [0.15, 0.2) is 36.4 Å². The molecule has 0 atom stereocenters. The zero-order valence-corrected chi connectivity index (χ0v) is 13.7. The SMILES string of the molecule is O=C(CNC(=O)c1ccc2c(c1)OCO2)Nc1ccc2c(c1)OCCO2. The number of carbonyl (C=O) groups is 2. The summed E-state index contributed by atoms with van der Waals surface area (Å²) < 4.78 is 21.3. The molecule has 0 saturated heterocycles. The molecule has 0 saturated carbocycles. The number of hydrogen-bond acceptors (Lipinski definition) is 6. The van der Waals surface area contributed by atoms with Gasteiger partial charge in [0, 0.05) is 17.3 Å². The Morgan fingerprint density at radius 3 is 2.42 bits per heavy atom. The highest BCUT2D eigenvalue weighted by atomic mass is 16.7. The van der Waals surface area contributed by atoms with Crippen molar-refractivity contribution in [3.63, 3.8) is 0 Å². The van der Waals surface area contributed by atoms with Crippen LogP contribution in [0.25, 0.3) is 0 Å². The standard InChI is InChI=1S/C18H16N2O6/c21-17(20-12-2-4-13-16(8-12)24-6-5-23-13)9-19-18(22)11-1-3-14-15(7-11)26-10-25-14/h1-4,7-8H,5-6,9-10H2,(H,19,22)(H,20,21). The summed E-state index contributed by atoms with van der Waals surface area (Å²) in [6.45, 7) is 0.945. The van der Waals surface area contributed by atoms with Crippen molar-refractivity contribution in [2.45, 2.75) is 0 Å². The lowest BCUT2D eigenvalue weighted by Gasteiger charge is -2.19. The molecule has 0 bridgehead atoms. The number of nitrogens with one attached hydrogen (secondary N) is 2. The number of benzene rings is 2. The first-order valence-electron chi connectivity index (χ1n) is 8.06. The van der Waals surface area contributed by atoms with Gasteiger partial charge in [-0.25, -0.2) is 0 Å². The molecule has 2 heterocycles. The lowest BCUT2D eigenvalue weighted by molar-refractivity contribution is -0.115. The van der Waals surface area contributed by atoms with Crippen molar-refractivity contribution in [3.05, 3.63) is 42.0 Å². The smallest absolute Gasteiger partial charge is 0.251 e. The number of anilines is 1. The van der Waals surface area contributed by atoms with Crippen molar-refractivity contribution in [2.75, 3.05) is 31.9 Å². The molecule has 8 heteroatoms. The maximum atomic E-state index is 12.2. The van der Waals surface area contributed by atoms with E-state index in [1.54, 1.807) is 36.4 Å². The second-order valence-electron chi connectivity index (χ2n) is 5.66. The third-order valence-corrected chi connectivity index (χ3v) is 3.87. The van der Waals surface area contributed by atoms with Gasteiger partial charge in [-0.2, -0.15) is 0 Å². The molecule has 0 aromatic heterocycles. The number of carbonyl (C=O) groups excluding carboxylic acids is 2. The van der Waals surface area contributed by atoms with Crippen molar-refractivity contribution >= 4 is 17.5 Å². The Kier molecular flexibility index (Phi) is 4.22. The minimum Gasteiger partial charge on any atom is -0.486 e. The monoisotopic (exact) mass is 356 g/mol. The molecule has 0 fully saturated rings. The molecular formula is C18H16N2O6. The van der Waals surface area contributed by atoms with Crippen LogP contribution >= 0.6 is 0 Å². The molecule has 2 aliphatic rings. The maximum Gasteiger partial charge on any atom is 0.251 e. The molecule has 2 amide bonds. The molecule has 26 heavy (non-hydrogen) atoms. The first kappa shape index (κ1) is 16.1. The van der Waals surface area contributed by atoms with E-state index in [4.69, 9.17) is 18.9 Å². The lowest BCUT2D eigenvalue weighted by Crippen LogP contribution is -2.32. The molecule has 2 aromatic carbocycles. The Hall–Kier alpha value is -3.42. The Balaban J connectivity index is 1.33. The molecule has 0 aliphatic carbocycles. The number of rotatable bonds is 4. The zero-order valence-electron chi connectivity index (χ0n) is 13.7. The summed E-state index contributed by atoms with van der Waals surface area (Å²) in [6.07, 6.45) is 0. The summed E-state index contributed by atoms with van der Waals surface area (Å²) in [5.74, 6) is 1.61. The van der Waals surface area contributed by atoms with Gasteiger partial charge in [0.1, 0.15) is 13.2 Å². The van der Waals surface area contributed by atoms with Crippen LogP contribution < -0.4 is 29.6 Å². The molecule has 2 aliphatic heterocycles. The lowest BCUT2D eigenvalue weighted by atomic mass is 10.2. The van der Waals surface area contributed by atoms with E-state index in [0.717, 1.165) is 0 Å². The molecule has 2 N–H and O–H groups in total. The summed E-state index contributed by atoms with van der Waals surface area (Å²) in [6, 6.07) is 9.98. The van der Waals surface area contributed by atoms with E-state index < -0.39 is 0 Å². The molecule has 4 rings (SSSR count). The number of amides is 2. The Bertz CT molecular complexity index is 867. The van der Waals surface area contributed by atoms with Crippen LogP contribution in [0.4, 0.5) is 5.69 Å². The van der Waals surface area contributed by atoms with Gasteiger partial charge in [0.05, 0.1) is 6.54 Å². The zero-order chi connectivity index (χ0) is 17.9. The van der Waals surface area contributed by atoms with Crippen molar-refractivity contribution in [3.8, 4) is 23.0 Å². The molecular weight excluding hydrogens is 340 g/mol. The van der Waals surface area contributed by atoms with Crippen molar-refractivity contribution in [1.29, 1.82) is 0 Å². The van der Waals surface area contributed by atoms with Crippen LogP contribution in [-0.4, -0.2) is 38.4 Å². The highest BCUT2D eigenvalue weighted by molar-refractivity contribution is 5.99. The van der Waals surface area contributed by atoms with Gasteiger partial charge in [0.15, 0.2) is 23.0 Å². The number of hydrogen-bond donors (Lipinski definition) is 2. The van der Waals surface area contributed by atoms with E-state index in [1.165, 1.54) is 0 Å². The fourth-order valence-electron chi connectivity index (χ4n) is 2.63. The summed E-state index contributed by atoms with van der Waals surface area (Å²) in [7, 11) is 0. The largest absolute Gasteiger partial charge is 0.486 e. The maximum absolute atomic E-state index is 12.2. The van der Waals surface area contributed by atoms with E-state index >= 15 is 0 Å². The Morgan fingerprint density at radius 1 is 0.846 bits per heavy atom. The van der Waals surface area contributed by atoms with Crippen LogP contribution in [0.1, 0.15) is 10.4 Å². The van der Waals surface area contributed by atoms with Gasteiger partial charge in [-0.05, 0) is 30.3 Å². The van der Waals surface area contributed by atoms with Gasteiger partial charge >= 0.3 is 0 Å². The van der Waals surface area contributed by atoms with E-state index in [0.29, 0.717) is 47.5 Å². The topological polar surface area (TPSA) is 95.1 Å². The number of ether oxygens (including phenoxy) is 4. The predicted octanol–water partition coefficient (Wildman–Crippen LogP) is 1.56. The summed E-state index contributed by atoms with van der Waals surface area (Å²) in [5, 5.41) is 5.28. The molecule has 0 spiro atoms. The Morgan fingerprint density at radius 2 is 1.54 bits per heavy atom. The first-order valence-corrected chi connectivity index (χ1v) is 8.06. The van der Waals surface area contributed by atoms with Gasteiger partial charge in [0.25, 0.3) is 5.91 Å². The second kappa shape index (κ2) is 6.83. The van der Waals surface area contributed by atoms with Gasteiger partial charge in [-0.15, -0.1) is 0 Å².